The Labute approximate surface area is 111 Å². The summed E-state index contributed by atoms with van der Waals surface area (Å²) in [6.45, 7) is 1.37. The van der Waals surface area contributed by atoms with Gasteiger partial charge in [-0.3, -0.25) is 0 Å². The highest BCUT2D eigenvalue weighted by Gasteiger charge is 2.26. The van der Waals surface area contributed by atoms with Gasteiger partial charge in [0.25, 0.3) is 6.43 Å². The van der Waals surface area contributed by atoms with Crippen molar-refractivity contribution in [3.05, 3.63) is 35.6 Å². The summed E-state index contributed by atoms with van der Waals surface area (Å²) in [7, 11) is 1.98. The van der Waals surface area contributed by atoms with Crippen LogP contribution in [0.2, 0.25) is 0 Å². The van der Waals surface area contributed by atoms with Crippen LogP contribution in [-0.4, -0.2) is 44.0 Å². The summed E-state index contributed by atoms with van der Waals surface area (Å²) in [5, 5.41) is 2.90. The normalized spacial score (nSPS) is 24.9. The fourth-order valence-corrected chi connectivity index (χ4v) is 2.70. The number of hydrogen-bond acceptors (Lipinski definition) is 2. The van der Waals surface area contributed by atoms with Gasteiger partial charge in [-0.15, -0.1) is 0 Å². The minimum atomic E-state index is -2.32. The monoisotopic (exact) mass is 272 g/mol. The van der Waals surface area contributed by atoms with E-state index in [-0.39, 0.29) is 24.3 Å². The lowest BCUT2D eigenvalue weighted by Gasteiger charge is -2.36. The second kappa shape index (κ2) is 6.39. The van der Waals surface area contributed by atoms with Crippen LogP contribution >= 0.6 is 0 Å². The molecule has 2 nitrogen and oxygen atoms in total. The van der Waals surface area contributed by atoms with E-state index >= 15 is 0 Å². The van der Waals surface area contributed by atoms with Crippen molar-refractivity contribution < 1.29 is 13.2 Å². The molecule has 1 aliphatic heterocycles. The summed E-state index contributed by atoms with van der Waals surface area (Å²) in [5.41, 5.74) is 1.07. The van der Waals surface area contributed by atoms with E-state index < -0.39 is 6.43 Å². The lowest BCUT2D eigenvalue weighted by molar-refractivity contribution is 0.127. The molecule has 1 N–H and O–H groups in total. The Morgan fingerprint density at radius 3 is 2.58 bits per heavy atom. The van der Waals surface area contributed by atoms with Crippen molar-refractivity contribution in [2.45, 2.75) is 24.8 Å². The van der Waals surface area contributed by atoms with Crippen LogP contribution < -0.4 is 5.32 Å². The van der Waals surface area contributed by atoms with E-state index in [2.05, 4.69) is 10.2 Å². The van der Waals surface area contributed by atoms with Crippen LogP contribution in [-0.2, 0) is 0 Å². The lowest BCUT2D eigenvalue weighted by Crippen LogP contribution is -2.48. The second-order valence-corrected chi connectivity index (χ2v) is 5.20. The molecule has 0 amide bonds. The molecule has 2 rings (SSSR count). The third-order valence-electron chi connectivity index (χ3n) is 3.54. The van der Waals surface area contributed by atoms with Gasteiger partial charge in [0.1, 0.15) is 5.82 Å². The molecule has 0 aromatic heterocycles. The maximum atomic E-state index is 12.9. The van der Waals surface area contributed by atoms with E-state index in [0.29, 0.717) is 0 Å². The van der Waals surface area contributed by atoms with E-state index in [1.165, 1.54) is 12.1 Å². The van der Waals surface area contributed by atoms with Crippen molar-refractivity contribution in [1.29, 1.82) is 0 Å². The summed E-state index contributed by atoms with van der Waals surface area (Å²) in [4.78, 5) is 2.13. The van der Waals surface area contributed by atoms with Crippen molar-refractivity contribution in [2.24, 2.45) is 0 Å². The van der Waals surface area contributed by atoms with Gasteiger partial charge in [-0.25, -0.2) is 13.2 Å². The molecule has 19 heavy (non-hydrogen) atoms. The number of halogens is 3. The van der Waals surface area contributed by atoms with Gasteiger partial charge >= 0.3 is 0 Å². The molecule has 1 aromatic carbocycles. The number of alkyl halides is 2. The van der Waals surface area contributed by atoms with Gasteiger partial charge in [0.15, 0.2) is 0 Å². The van der Waals surface area contributed by atoms with Crippen LogP contribution in [0.5, 0.6) is 0 Å². The highest BCUT2D eigenvalue weighted by atomic mass is 19.3. The zero-order valence-electron chi connectivity index (χ0n) is 11.0. The maximum Gasteiger partial charge on any atom is 0.250 e. The van der Waals surface area contributed by atoms with Crippen LogP contribution in [0.25, 0.3) is 0 Å². The number of hydrogen-bond donors (Lipinski definition) is 1. The predicted molar refractivity (Wildman–Crippen MR) is 69.0 cm³/mol. The molecule has 0 saturated carbocycles. The van der Waals surface area contributed by atoms with Crippen molar-refractivity contribution in [2.75, 3.05) is 26.7 Å². The topological polar surface area (TPSA) is 15.3 Å². The van der Waals surface area contributed by atoms with E-state index in [9.17, 15) is 13.2 Å². The lowest BCUT2D eigenvalue weighted by atomic mass is 9.88. The van der Waals surface area contributed by atoms with E-state index in [4.69, 9.17) is 0 Å². The van der Waals surface area contributed by atoms with Gasteiger partial charge in [-0.2, -0.15) is 0 Å². The van der Waals surface area contributed by atoms with E-state index in [1.54, 1.807) is 12.1 Å². The van der Waals surface area contributed by atoms with Crippen molar-refractivity contribution in [3.8, 4) is 0 Å². The third-order valence-corrected chi connectivity index (χ3v) is 3.54. The number of nitrogens with one attached hydrogen (secondary N) is 1. The van der Waals surface area contributed by atoms with Gasteiger partial charge in [-0.05, 0) is 37.1 Å². The molecular formula is C14H19F3N2. The first-order chi connectivity index (χ1) is 9.04. The number of rotatable bonds is 4. The Morgan fingerprint density at radius 2 is 1.95 bits per heavy atom. The van der Waals surface area contributed by atoms with Gasteiger partial charge in [0.05, 0.1) is 6.54 Å². The first-order valence-corrected chi connectivity index (χ1v) is 6.50. The van der Waals surface area contributed by atoms with Crippen LogP contribution in [0.4, 0.5) is 13.2 Å². The van der Waals surface area contributed by atoms with Gasteiger partial charge in [-0.1, -0.05) is 12.1 Å². The second-order valence-electron chi connectivity index (χ2n) is 5.20. The molecule has 1 heterocycles. The van der Waals surface area contributed by atoms with Crippen molar-refractivity contribution in [3.63, 3.8) is 0 Å². The van der Waals surface area contributed by atoms with Crippen LogP contribution in [0.15, 0.2) is 24.3 Å². The van der Waals surface area contributed by atoms with Gasteiger partial charge in [0.2, 0.25) is 0 Å². The molecule has 0 radical (unpaired) electrons. The van der Waals surface area contributed by atoms with Gasteiger partial charge < -0.3 is 10.2 Å². The molecule has 5 heteroatoms. The minimum Gasteiger partial charge on any atom is -0.307 e. The molecule has 0 spiro atoms. The Kier molecular flexibility index (Phi) is 4.82. The van der Waals surface area contributed by atoms with Crippen LogP contribution in [0, 0.1) is 5.82 Å². The molecule has 1 aliphatic rings. The first-order valence-electron chi connectivity index (χ1n) is 6.50. The number of likely N-dealkylation sites (N-methyl/N-ethyl adjacent to an activating group) is 1. The van der Waals surface area contributed by atoms with Crippen LogP contribution in [0.1, 0.15) is 17.9 Å². The molecule has 1 saturated heterocycles. The zero-order chi connectivity index (χ0) is 13.8. The molecule has 1 fully saturated rings. The third kappa shape index (κ3) is 4.21. The predicted octanol–water partition coefficient (Wildman–Crippen LogP) is 2.47. The average molecular weight is 272 g/mol. The average Bonchev–Trinajstić information content (AvgIpc) is 2.36. The summed E-state index contributed by atoms with van der Waals surface area (Å²) in [6.07, 6.45) is -1.51. The molecule has 2 unspecified atom stereocenters. The Hall–Kier alpha value is -1.07. The van der Waals surface area contributed by atoms with Crippen molar-refractivity contribution in [1.82, 2.24) is 10.2 Å². The fraction of sp³-hybridized carbons (Fsp3) is 0.571. The standard InChI is InChI=1S/C14H19F3N2/c1-19-8-11(10-2-4-12(15)5-3-10)6-13(9-19)18-7-14(16)17/h2-5,11,13-14,18H,6-9H2,1H3. The fourth-order valence-electron chi connectivity index (χ4n) is 2.70. The van der Waals surface area contributed by atoms with Crippen molar-refractivity contribution >= 4 is 0 Å². The Bertz CT molecular complexity index is 394. The number of piperidine rings is 1. The Morgan fingerprint density at radius 1 is 1.26 bits per heavy atom. The minimum absolute atomic E-state index is 0.0582. The summed E-state index contributed by atoms with van der Waals surface area (Å²) >= 11 is 0. The largest absolute Gasteiger partial charge is 0.307 e. The highest BCUT2D eigenvalue weighted by Crippen LogP contribution is 2.26. The summed E-state index contributed by atoms with van der Waals surface area (Å²) in [5.74, 6) is 0.00909. The van der Waals surface area contributed by atoms with E-state index in [0.717, 1.165) is 25.1 Å². The maximum absolute atomic E-state index is 12.9. The number of nitrogens with zero attached hydrogens (tertiary/aromatic N) is 1. The summed E-state index contributed by atoms with van der Waals surface area (Å²) < 4.78 is 37.4. The smallest absolute Gasteiger partial charge is 0.250 e. The Balaban J connectivity index is 1.99. The molecular weight excluding hydrogens is 253 g/mol. The first kappa shape index (κ1) is 14.3. The number of likely N-dealkylation sites (tertiary alicyclic amines) is 1. The quantitative estimate of drug-likeness (QED) is 0.906. The molecule has 0 bridgehead atoms. The van der Waals surface area contributed by atoms with E-state index in [1.807, 2.05) is 7.05 Å². The summed E-state index contributed by atoms with van der Waals surface area (Å²) in [6, 6.07) is 6.52. The van der Waals surface area contributed by atoms with Crippen LogP contribution in [0.3, 0.4) is 0 Å². The van der Waals surface area contributed by atoms with Gasteiger partial charge in [0, 0.05) is 19.1 Å². The number of benzene rings is 1. The molecule has 0 aliphatic carbocycles. The SMILES string of the molecule is CN1CC(NCC(F)F)CC(c2ccc(F)cc2)C1. The molecule has 106 valence electrons. The molecule has 1 aromatic rings. The highest BCUT2D eigenvalue weighted by molar-refractivity contribution is 5.22. The molecule has 2 atom stereocenters. The zero-order valence-corrected chi connectivity index (χ0v) is 11.0.